The van der Waals surface area contributed by atoms with Gasteiger partial charge in [-0.25, -0.2) is 18.9 Å². The number of aliphatic hydroxyl groups excluding tert-OH is 1. The van der Waals surface area contributed by atoms with Crippen molar-refractivity contribution >= 4 is 29.8 Å². The summed E-state index contributed by atoms with van der Waals surface area (Å²) in [6, 6.07) is 6.34. The van der Waals surface area contributed by atoms with Crippen LogP contribution in [0, 0.1) is 34.4 Å². The number of esters is 1. The number of carbonyl (C=O) groups is 2. The quantitative estimate of drug-likeness (QED) is 0.330. The van der Waals surface area contributed by atoms with Crippen LogP contribution >= 0.6 is 12.6 Å². The third-order valence-electron chi connectivity index (χ3n) is 11.2. The van der Waals surface area contributed by atoms with Crippen molar-refractivity contribution in [1.29, 1.82) is 0 Å². The molecule has 8 nitrogen and oxygen atoms in total. The van der Waals surface area contributed by atoms with Gasteiger partial charge < -0.3 is 14.4 Å². The fourth-order valence-electron chi connectivity index (χ4n) is 9.29. The number of halogens is 1. The van der Waals surface area contributed by atoms with E-state index in [-0.39, 0.29) is 34.8 Å². The summed E-state index contributed by atoms with van der Waals surface area (Å²) in [4.78, 5) is 30.7. The molecule has 0 radical (unpaired) electrons. The molecule has 2 heterocycles. The first-order chi connectivity index (χ1) is 20.0. The maximum Gasteiger partial charge on any atom is 0.375 e. The van der Waals surface area contributed by atoms with Gasteiger partial charge in [-0.05, 0) is 97.6 Å². The van der Waals surface area contributed by atoms with Crippen LogP contribution in [-0.4, -0.2) is 47.2 Å². The number of rotatable bonds is 4. The number of fused-ring (bicyclic) bond motifs is 6. The van der Waals surface area contributed by atoms with Crippen LogP contribution in [-0.2, 0) is 23.0 Å². The molecule has 220 valence electrons. The van der Waals surface area contributed by atoms with Crippen LogP contribution in [0.5, 0.6) is 0 Å². The molecule has 2 aromatic heterocycles. The minimum atomic E-state index is -1.44. The first kappa shape index (κ1) is 27.6. The number of thiol groups is 1. The Balaban J connectivity index is 1.22. The number of aliphatic hydroxyl groups is 1. The van der Waals surface area contributed by atoms with Gasteiger partial charge in [-0.1, -0.05) is 19.4 Å². The summed E-state index contributed by atoms with van der Waals surface area (Å²) in [6.07, 6.45) is 10.5. The molecule has 4 aliphatic rings. The molecule has 10 heteroatoms. The first-order valence-corrected chi connectivity index (χ1v) is 15.1. The van der Waals surface area contributed by atoms with Crippen molar-refractivity contribution in [2.24, 2.45) is 35.6 Å². The Morgan fingerprint density at radius 3 is 2.64 bits per heavy atom. The molecule has 1 N–H and O–H groups in total. The van der Waals surface area contributed by atoms with Crippen molar-refractivity contribution in [3.05, 3.63) is 71.3 Å². The summed E-state index contributed by atoms with van der Waals surface area (Å²) in [5.41, 5.74) is 1.71. The fraction of sp³-hybridized carbons (Fsp3) is 0.500. The number of imidazole rings is 1. The highest BCUT2D eigenvalue weighted by molar-refractivity contribution is 7.96. The van der Waals surface area contributed by atoms with Gasteiger partial charge in [0.05, 0.1) is 23.7 Å². The van der Waals surface area contributed by atoms with E-state index in [9.17, 15) is 19.1 Å². The van der Waals surface area contributed by atoms with E-state index >= 15 is 0 Å². The Morgan fingerprint density at radius 1 is 1.19 bits per heavy atom. The van der Waals surface area contributed by atoms with Crippen LogP contribution < -0.4 is 0 Å². The molecule has 7 atom stereocenters. The zero-order chi connectivity index (χ0) is 29.6. The molecule has 0 bridgehead atoms. The topological polar surface area (TPSA) is 99.2 Å². The number of nitrogens with zero attached hydrogens (tertiary/aromatic N) is 4. The average Bonchev–Trinajstić information content (AvgIpc) is 3.63. The maximum atomic E-state index is 13.6. The van der Waals surface area contributed by atoms with Crippen LogP contribution in [0.25, 0.3) is 11.8 Å². The van der Waals surface area contributed by atoms with E-state index in [4.69, 9.17) is 4.74 Å². The number of hydrogen-bond acceptors (Lipinski definition) is 6. The van der Waals surface area contributed by atoms with Gasteiger partial charge in [-0.15, -0.1) is 12.6 Å². The van der Waals surface area contributed by atoms with Gasteiger partial charge in [0, 0.05) is 24.9 Å². The van der Waals surface area contributed by atoms with Gasteiger partial charge in [0.25, 0.3) is 0 Å². The number of ether oxygens (including phenoxy) is 1. The highest BCUT2D eigenvalue weighted by Crippen LogP contribution is 2.68. The first-order valence-electron chi connectivity index (χ1n) is 14.6. The number of allylic oxidation sites excluding steroid dienone is 1. The Morgan fingerprint density at radius 2 is 1.95 bits per heavy atom. The fourth-order valence-corrected chi connectivity index (χ4v) is 9.70. The zero-order valence-corrected chi connectivity index (χ0v) is 24.9. The van der Waals surface area contributed by atoms with Crippen molar-refractivity contribution in [2.75, 3.05) is 0 Å². The lowest BCUT2D eigenvalue weighted by Crippen LogP contribution is -2.62. The normalized spacial score (nSPS) is 35.0. The highest BCUT2D eigenvalue weighted by atomic mass is 32.1. The lowest BCUT2D eigenvalue weighted by atomic mass is 9.45. The Kier molecular flexibility index (Phi) is 6.16. The molecule has 4 aliphatic carbocycles. The predicted molar refractivity (Wildman–Crippen MR) is 156 cm³/mol. The van der Waals surface area contributed by atoms with Gasteiger partial charge in [-0.3, -0.25) is 4.79 Å². The predicted octanol–water partition coefficient (Wildman–Crippen LogP) is 4.95. The minimum absolute atomic E-state index is 0.0195. The second-order valence-electron chi connectivity index (χ2n) is 13.2. The van der Waals surface area contributed by atoms with E-state index in [0.29, 0.717) is 19.3 Å². The summed E-state index contributed by atoms with van der Waals surface area (Å²) >= 11 is 4.29. The number of aromatic nitrogens is 4. The third kappa shape index (κ3) is 3.70. The minimum Gasteiger partial charge on any atom is -0.444 e. The molecule has 0 amide bonds. The maximum absolute atomic E-state index is 13.6. The number of carbonyl (C=O) groups excluding carboxylic acids is 2. The van der Waals surface area contributed by atoms with Gasteiger partial charge in [0.15, 0.2) is 5.60 Å². The molecule has 42 heavy (non-hydrogen) atoms. The number of benzene rings is 1. The molecule has 0 saturated heterocycles. The van der Waals surface area contributed by atoms with Crippen molar-refractivity contribution in [2.45, 2.75) is 64.1 Å². The molecule has 0 aliphatic heterocycles. The number of hydrogen-bond donors (Lipinski definition) is 2. The van der Waals surface area contributed by atoms with E-state index in [1.807, 2.05) is 17.8 Å². The largest absolute Gasteiger partial charge is 0.444 e. The van der Waals surface area contributed by atoms with Crippen LogP contribution in [0.15, 0.2) is 48.4 Å². The summed E-state index contributed by atoms with van der Waals surface area (Å²) in [6.45, 7) is 4.26. The standard InChI is InChI=1S/C32H35FN4O4S/c1-30-15-18-17-35-37(21-7-5-20(33)6-8-21)24(18)14-19(30)4-9-22-23-10-11-32(29(40)42,31(23,2)16-25(38)26(22)30)41-28(39)27-34-12-13-36(27)3/h5-8,12-14,17,22-23,25-26,38H,4,9-11,15-16H2,1-3H3,(H,40,42)/t22-,23-,25-,26+,30-,31-,32-/m0/s1. The van der Waals surface area contributed by atoms with Crippen LogP contribution in [0.1, 0.15) is 67.8 Å². The molecular weight excluding hydrogens is 555 g/mol. The van der Waals surface area contributed by atoms with Crippen LogP contribution in [0.2, 0.25) is 0 Å². The molecule has 7 rings (SSSR count). The lowest BCUT2D eigenvalue weighted by Gasteiger charge is -2.60. The second kappa shape index (κ2) is 9.38. The third-order valence-corrected chi connectivity index (χ3v) is 11.6. The molecule has 3 fully saturated rings. The van der Waals surface area contributed by atoms with E-state index in [1.165, 1.54) is 23.9 Å². The van der Waals surface area contributed by atoms with E-state index in [0.717, 1.165) is 36.2 Å². The molecule has 1 aromatic carbocycles. The molecule has 3 saturated carbocycles. The highest BCUT2D eigenvalue weighted by Gasteiger charge is 2.70. The monoisotopic (exact) mass is 590 g/mol. The van der Waals surface area contributed by atoms with Gasteiger partial charge in [0.2, 0.25) is 10.9 Å². The van der Waals surface area contributed by atoms with Crippen LogP contribution in [0.4, 0.5) is 4.39 Å². The second-order valence-corrected chi connectivity index (χ2v) is 13.6. The molecule has 3 aromatic rings. The Labute approximate surface area is 249 Å². The Hall–Kier alpha value is -3.24. The molecule has 0 spiro atoms. The summed E-state index contributed by atoms with van der Waals surface area (Å²) in [7, 11) is 1.71. The Bertz CT molecular complexity index is 1630. The summed E-state index contributed by atoms with van der Waals surface area (Å²) < 4.78 is 23.1. The lowest BCUT2D eigenvalue weighted by molar-refractivity contribution is -0.174. The zero-order valence-electron chi connectivity index (χ0n) is 24.0. The molecule has 0 unspecified atom stereocenters. The summed E-state index contributed by atoms with van der Waals surface area (Å²) in [5.74, 6) is -0.598. The van der Waals surface area contributed by atoms with Crippen LogP contribution in [0.3, 0.4) is 0 Å². The van der Waals surface area contributed by atoms with E-state index in [1.54, 1.807) is 29.9 Å². The van der Waals surface area contributed by atoms with Crippen molar-refractivity contribution < 1.29 is 23.8 Å². The molecular formula is C32H35FN4O4S. The van der Waals surface area contributed by atoms with Gasteiger partial charge >= 0.3 is 5.97 Å². The van der Waals surface area contributed by atoms with Crippen molar-refractivity contribution in [3.63, 3.8) is 0 Å². The van der Waals surface area contributed by atoms with E-state index in [2.05, 4.69) is 35.7 Å². The SMILES string of the molecule is Cn1ccnc1C(=O)O[C@]1(C(=O)S)CC[C@H]2[C@@H]3CCC4=Cc5c(cnn5-c5ccc(F)cc5)C[C@]4(C)[C@H]3[C@@H](O)C[C@@]21C. The van der Waals surface area contributed by atoms with Gasteiger partial charge in [0.1, 0.15) is 5.82 Å². The van der Waals surface area contributed by atoms with Crippen molar-refractivity contribution in [3.8, 4) is 5.69 Å². The summed E-state index contributed by atoms with van der Waals surface area (Å²) in [5, 5.41) is 16.2. The van der Waals surface area contributed by atoms with Gasteiger partial charge in [-0.2, -0.15) is 5.10 Å². The average molecular weight is 591 g/mol. The smallest absolute Gasteiger partial charge is 0.375 e. The van der Waals surface area contributed by atoms with E-state index < -0.39 is 28.2 Å². The van der Waals surface area contributed by atoms with Crippen molar-refractivity contribution in [1.82, 2.24) is 19.3 Å². The number of aryl methyl sites for hydroxylation is 1.